The fraction of sp³-hybridized carbons (Fsp3) is 0.400. The van der Waals surface area contributed by atoms with Crippen LogP contribution in [0.2, 0.25) is 5.02 Å². The van der Waals surface area contributed by atoms with Crippen LogP contribution >= 0.6 is 11.6 Å². The van der Waals surface area contributed by atoms with Gasteiger partial charge in [0.2, 0.25) is 17.7 Å². The van der Waals surface area contributed by atoms with Crippen LogP contribution in [-0.4, -0.2) is 60.3 Å². The Balaban J connectivity index is 1.54. The number of ether oxygens (including phenoxy) is 2. The molecule has 0 aliphatic carbocycles. The number of halogens is 1. The molecule has 1 fully saturated rings. The number of nitrogens with zero attached hydrogens (tertiary/aromatic N) is 2. The number of rotatable bonds is 1. The second-order valence-electron chi connectivity index (χ2n) is 8.53. The number of nitrogens with one attached hydrogen (secondary N) is 1. The zero-order valence-electron chi connectivity index (χ0n) is 19.1. The minimum Gasteiger partial charge on any atom is -0.490 e. The standard InChI is InChI=1S/C25H28ClN3O5/c1-17(30)29-14-18(15-29)25(32)28-11-5-2-6-12-33-22-7-3-4-8-23(22)34-21-10-9-19(26)13-20(21)27-24(31)16-28/h3-4,7-10,13,18H,2,5-6,11-12,14-16H2,1H3,(H,27,31). The van der Waals surface area contributed by atoms with E-state index in [0.717, 1.165) is 19.3 Å². The maximum Gasteiger partial charge on any atom is 0.244 e. The first kappa shape index (κ1) is 23.9. The number of carbonyl (C=O) groups is 3. The van der Waals surface area contributed by atoms with Gasteiger partial charge in [0.15, 0.2) is 17.2 Å². The summed E-state index contributed by atoms with van der Waals surface area (Å²) < 4.78 is 12.0. The van der Waals surface area contributed by atoms with Crippen molar-refractivity contribution in [1.29, 1.82) is 0 Å². The summed E-state index contributed by atoms with van der Waals surface area (Å²) in [7, 11) is 0. The molecule has 3 amide bonds. The van der Waals surface area contributed by atoms with Gasteiger partial charge in [-0.15, -0.1) is 0 Å². The molecular weight excluding hydrogens is 458 g/mol. The molecule has 8 nitrogen and oxygen atoms in total. The van der Waals surface area contributed by atoms with Gasteiger partial charge in [0.05, 0.1) is 24.8 Å². The lowest BCUT2D eigenvalue weighted by molar-refractivity contribution is -0.148. The lowest BCUT2D eigenvalue weighted by Gasteiger charge is -2.40. The third kappa shape index (κ3) is 5.80. The Hall–Kier alpha value is -3.26. The second-order valence-corrected chi connectivity index (χ2v) is 8.96. The Morgan fingerprint density at radius 2 is 1.76 bits per heavy atom. The highest BCUT2D eigenvalue weighted by Crippen LogP contribution is 2.36. The van der Waals surface area contributed by atoms with E-state index in [1.165, 1.54) is 6.92 Å². The average molecular weight is 486 g/mol. The molecule has 0 spiro atoms. The van der Waals surface area contributed by atoms with Crippen molar-refractivity contribution >= 4 is 35.0 Å². The Morgan fingerprint density at radius 3 is 2.53 bits per heavy atom. The van der Waals surface area contributed by atoms with Gasteiger partial charge < -0.3 is 24.6 Å². The fourth-order valence-corrected chi connectivity index (χ4v) is 4.18. The summed E-state index contributed by atoms with van der Waals surface area (Å²) in [5.41, 5.74) is 0.404. The summed E-state index contributed by atoms with van der Waals surface area (Å²) in [5.74, 6) is 0.784. The molecule has 0 radical (unpaired) electrons. The van der Waals surface area contributed by atoms with Gasteiger partial charge >= 0.3 is 0 Å². The van der Waals surface area contributed by atoms with E-state index in [9.17, 15) is 14.4 Å². The van der Waals surface area contributed by atoms with Crippen LogP contribution in [0.1, 0.15) is 26.2 Å². The number of carbonyl (C=O) groups excluding carboxylic acids is 3. The van der Waals surface area contributed by atoms with Crippen molar-refractivity contribution in [2.45, 2.75) is 26.2 Å². The molecule has 180 valence electrons. The first-order valence-corrected chi connectivity index (χ1v) is 11.8. The lowest BCUT2D eigenvalue weighted by Crippen LogP contribution is -2.56. The van der Waals surface area contributed by atoms with Gasteiger partial charge in [-0.05, 0) is 49.6 Å². The summed E-state index contributed by atoms with van der Waals surface area (Å²) in [6, 6.07) is 12.3. The van der Waals surface area contributed by atoms with Crippen LogP contribution in [0.5, 0.6) is 17.2 Å². The van der Waals surface area contributed by atoms with E-state index < -0.39 is 0 Å². The van der Waals surface area contributed by atoms with E-state index in [0.29, 0.717) is 54.2 Å². The molecule has 2 aliphatic rings. The Kier molecular flexibility index (Phi) is 7.57. The van der Waals surface area contributed by atoms with Crippen LogP contribution in [0, 0.1) is 5.92 Å². The Labute approximate surface area is 203 Å². The van der Waals surface area contributed by atoms with Crippen LogP contribution in [0.4, 0.5) is 5.69 Å². The van der Waals surface area contributed by atoms with Crippen molar-refractivity contribution < 1.29 is 23.9 Å². The highest BCUT2D eigenvalue weighted by molar-refractivity contribution is 6.31. The average Bonchev–Trinajstić information content (AvgIpc) is 2.76. The molecule has 4 rings (SSSR count). The maximum absolute atomic E-state index is 13.1. The van der Waals surface area contributed by atoms with Crippen LogP contribution in [0.3, 0.4) is 0 Å². The third-order valence-corrected chi connectivity index (χ3v) is 6.17. The maximum atomic E-state index is 13.1. The predicted octanol–water partition coefficient (Wildman–Crippen LogP) is 3.94. The minimum atomic E-state index is -0.345. The number of fused-ring (bicyclic) bond motifs is 2. The predicted molar refractivity (Wildman–Crippen MR) is 128 cm³/mol. The monoisotopic (exact) mass is 485 g/mol. The molecule has 0 saturated carbocycles. The van der Waals surface area contributed by atoms with E-state index in [2.05, 4.69) is 5.32 Å². The highest BCUT2D eigenvalue weighted by atomic mass is 35.5. The van der Waals surface area contributed by atoms with Crippen LogP contribution < -0.4 is 14.8 Å². The third-order valence-electron chi connectivity index (χ3n) is 5.94. The summed E-state index contributed by atoms with van der Waals surface area (Å²) in [5, 5.41) is 3.28. The molecule has 34 heavy (non-hydrogen) atoms. The molecule has 0 bridgehead atoms. The lowest BCUT2D eigenvalue weighted by atomic mass is 9.98. The van der Waals surface area contributed by atoms with Crippen LogP contribution in [0.25, 0.3) is 0 Å². The first-order chi connectivity index (χ1) is 16.4. The van der Waals surface area contributed by atoms with Gasteiger partial charge in [0.25, 0.3) is 0 Å². The number of para-hydroxylation sites is 2. The van der Waals surface area contributed by atoms with Gasteiger partial charge in [-0.1, -0.05) is 23.7 Å². The van der Waals surface area contributed by atoms with E-state index in [-0.39, 0.29) is 30.2 Å². The van der Waals surface area contributed by atoms with Crippen molar-refractivity contribution in [2.75, 3.05) is 38.1 Å². The molecule has 2 aromatic rings. The van der Waals surface area contributed by atoms with Crippen molar-refractivity contribution in [1.82, 2.24) is 9.80 Å². The number of anilines is 1. The molecular formula is C25H28ClN3O5. The van der Waals surface area contributed by atoms with Crippen molar-refractivity contribution in [3.63, 3.8) is 0 Å². The quantitative estimate of drug-likeness (QED) is 0.661. The molecule has 0 aromatic heterocycles. The molecule has 0 atom stereocenters. The number of hydrogen-bond donors (Lipinski definition) is 1. The molecule has 2 aromatic carbocycles. The second kappa shape index (κ2) is 10.8. The van der Waals surface area contributed by atoms with E-state index in [1.807, 2.05) is 18.2 Å². The minimum absolute atomic E-state index is 0.0478. The number of amides is 3. The van der Waals surface area contributed by atoms with E-state index in [4.69, 9.17) is 21.1 Å². The summed E-state index contributed by atoms with van der Waals surface area (Å²) >= 11 is 6.18. The molecule has 9 heteroatoms. The highest BCUT2D eigenvalue weighted by Gasteiger charge is 2.37. The molecule has 2 heterocycles. The molecule has 0 unspecified atom stereocenters. The zero-order valence-corrected chi connectivity index (χ0v) is 19.8. The largest absolute Gasteiger partial charge is 0.490 e. The topological polar surface area (TPSA) is 88.2 Å². The van der Waals surface area contributed by atoms with Gasteiger partial charge in [0.1, 0.15) is 0 Å². The summed E-state index contributed by atoms with van der Waals surface area (Å²) in [4.78, 5) is 40.7. The van der Waals surface area contributed by atoms with Gasteiger partial charge in [-0.3, -0.25) is 14.4 Å². The zero-order chi connectivity index (χ0) is 24.1. The van der Waals surface area contributed by atoms with Crippen LogP contribution in [0.15, 0.2) is 42.5 Å². The van der Waals surface area contributed by atoms with Crippen molar-refractivity contribution in [3.05, 3.63) is 47.5 Å². The van der Waals surface area contributed by atoms with Crippen molar-refractivity contribution in [3.8, 4) is 17.2 Å². The SMILES string of the molecule is CC(=O)N1CC(C(=O)N2CCCCCOc3ccccc3Oc3ccc(Cl)cc3NC(=O)C2)C1. The van der Waals surface area contributed by atoms with E-state index >= 15 is 0 Å². The normalized spacial score (nSPS) is 17.5. The molecule has 1 N–H and O–H groups in total. The molecule has 2 aliphatic heterocycles. The first-order valence-electron chi connectivity index (χ1n) is 11.4. The smallest absolute Gasteiger partial charge is 0.244 e. The summed E-state index contributed by atoms with van der Waals surface area (Å²) in [6.45, 7) is 3.15. The van der Waals surface area contributed by atoms with Gasteiger partial charge in [-0.2, -0.15) is 0 Å². The number of benzene rings is 2. The van der Waals surface area contributed by atoms with E-state index in [1.54, 1.807) is 34.1 Å². The van der Waals surface area contributed by atoms with Gasteiger partial charge in [-0.25, -0.2) is 0 Å². The molecule has 1 saturated heterocycles. The Morgan fingerprint density at radius 1 is 1.00 bits per heavy atom. The van der Waals surface area contributed by atoms with Crippen LogP contribution in [-0.2, 0) is 14.4 Å². The van der Waals surface area contributed by atoms with Gasteiger partial charge in [0, 0.05) is 31.6 Å². The summed E-state index contributed by atoms with van der Waals surface area (Å²) in [6.07, 6.45) is 2.39. The number of hydrogen-bond acceptors (Lipinski definition) is 5. The van der Waals surface area contributed by atoms with Crippen molar-refractivity contribution in [2.24, 2.45) is 5.92 Å². The number of likely N-dealkylation sites (tertiary alicyclic amines) is 1. The fourth-order valence-electron chi connectivity index (χ4n) is 4.01. The Bertz CT molecular complexity index is 1070.